The minimum absolute atomic E-state index is 0.395. The quantitative estimate of drug-likeness (QED) is 0.404. The molecule has 118 valence electrons. The predicted octanol–water partition coefficient (Wildman–Crippen LogP) is 6.17. The molecule has 2 aromatic heterocycles. The van der Waals surface area contributed by atoms with Crippen LogP contribution in [0.2, 0.25) is 10.2 Å². The van der Waals surface area contributed by atoms with Crippen molar-refractivity contribution in [1.82, 2.24) is 10.1 Å². The first kappa shape index (κ1) is 15.2. The Hall–Kier alpha value is -2.36. The first-order chi connectivity index (χ1) is 11.6. The van der Waals surface area contributed by atoms with Crippen LogP contribution >= 0.6 is 23.2 Å². The first-order valence-corrected chi connectivity index (χ1v) is 8.16. The predicted molar refractivity (Wildman–Crippen MR) is 97.4 cm³/mol. The van der Waals surface area contributed by atoms with Crippen LogP contribution in [0.5, 0.6) is 0 Å². The average molecular weight is 355 g/mol. The van der Waals surface area contributed by atoms with Gasteiger partial charge in [-0.3, -0.25) is 0 Å². The summed E-state index contributed by atoms with van der Waals surface area (Å²) in [5, 5.41) is 6.20. The van der Waals surface area contributed by atoms with Gasteiger partial charge in [-0.25, -0.2) is 4.98 Å². The van der Waals surface area contributed by atoms with Gasteiger partial charge in [-0.1, -0.05) is 52.6 Å². The Balaban J connectivity index is 1.79. The van der Waals surface area contributed by atoms with Gasteiger partial charge in [0.25, 0.3) is 0 Å². The van der Waals surface area contributed by atoms with Crippen LogP contribution in [0.3, 0.4) is 0 Å². The third kappa shape index (κ3) is 2.77. The molecule has 0 unspecified atom stereocenters. The van der Waals surface area contributed by atoms with Crippen molar-refractivity contribution in [2.75, 3.05) is 0 Å². The van der Waals surface area contributed by atoms with Crippen molar-refractivity contribution in [3.8, 4) is 22.6 Å². The van der Waals surface area contributed by atoms with Crippen molar-refractivity contribution >= 4 is 34.1 Å². The Labute approximate surface area is 148 Å². The van der Waals surface area contributed by atoms with E-state index in [-0.39, 0.29) is 0 Å². The van der Waals surface area contributed by atoms with Crippen molar-refractivity contribution in [2.45, 2.75) is 6.92 Å². The highest BCUT2D eigenvalue weighted by Crippen LogP contribution is 2.32. The van der Waals surface area contributed by atoms with E-state index in [9.17, 15) is 0 Å². The van der Waals surface area contributed by atoms with Crippen molar-refractivity contribution < 1.29 is 4.52 Å². The van der Waals surface area contributed by atoms with E-state index < -0.39 is 0 Å². The molecule has 0 saturated carbocycles. The van der Waals surface area contributed by atoms with Gasteiger partial charge in [-0.2, -0.15) is 0 Å². The van der Waals surface area contributed by atoms with Crippen LogP contribution in [0.4, 0.5) is 0 Å². The van der Waals surface area contributed by atoms with Crippen molar-refractivity contribution in [3.63, 3.8) is 0 Å². The number of benzene rings is 2. The SMILES string of the molecule is Cc1ccc2cc(-c3cc(-c4ccc(Cl)cc4)no3)c(Cl)nc2c1. The lowest BCUT2D eigenvalue weighted by molar-refractivity contribution is 0.435. The fraction of sp³-hybridized carbons (Fsp3) is 0.0526. The van der Waals surface area contributed by atoms with Gasteiger partial charge in [0.2, 0.25) is 0 Å². The Morgan fingerprint density at radius 1 is 0.917 bits per heavy atom. The standard InChI is InChI=1S/C19H12Cl2N2O/c1-11-2-3-13-9-15(19(21)22-16(13)8-11)18-10-17(23-24-18)12-4-6-14(20)7-5-12/h2-10H,1H3. The molecule has 0 aliphatic rings. The molecule has 0 radical (unpaired) electrons. The molecular formula is C19H12Cl2N2O. The zero-order valence-electron chi connectivity index (χ0n) is 12.8. The molecule has 0 bridgehead atoms. The van der Waals surface area contributed by atoms with Gasteiger partial charge in [-0.15, -0.1) is 0 Å². The fourth-order valence-corrected chi connectivity index (χ4v) is 2.95. The number of rotatable bonds is 2. The summed E-state index contributed by atoms with van der Waals surface area (Å²) in [6.07, 6.45) is 0. The third-order valence-corrected chi connectivity index (χ3v) is 4.38. The minimum atomic E-state index is 0.395. The van der Waals surface area contributed by atoms with E-state index in [1.165, 1.54) is 0 Å². The molecular weight excluding hydrogens is 343 g/mol. The summed E-state index contributed by atoms with van der Waals surface area (Å²) in [5.41, 5.74) is 4.38. The summed E-state index contributed by atoms with van der Waals surface area (Å²) >= 11 is 12.3. The van der Waals surface area contributed by atoms with Crippen LogP contribution in [0.1, 0.15) is 5.56 Å². The Morgan fingerprint density at radius 2 is 1.71 bits per heavy atom. The number of fused-ring (bicyclic) bond motifs is 1. The highest BCUT2D eigenvalue weighted by Gasteiger charge is 2.14. The molecule has 4 rings (SSSR count). The summed E-state index contributed by atoms with van der Waals surface area (Å²) in [4.78, 5) is 4.47. The maximum absolute atomic E-state index is 6.35. The number of nitrogens with zero attached hydrogens (tertiary/aromatic N) is 2. The molecule has 0 amide bonds. The second-order valence-corrected chi connectivity index (χ2v) is 6.40. The smallest absolute Gasteiger partial charge is 0.170 e. The van der Waals surface area contributed by atoms with Gasteiger partial charge in [-0.05, 0) is 36.8 Å². The first-order valence-electron chi connectivity index (χ1n) is 7.40. The fourth-order valence-electron chi connectivity index (χ4n) is 2.59. The number of pyridine rings is 1. The normalized spacial score (nSPS) is 11.1. The number of aryl methyl sites for hydroxylation is 1. The molecule has 2 aromatic carbocycles. The summed E-state index contributed by atoms with van der Waals surface area (Å²) in [6.45, 7) is 2.03. The molecule has 0 fully saturated rings. The molecule has 0 N–H and O–H groups in total. The largest absolute Gasteiger partial charge is 0.356 e. The topological polar surface area (TPSA) is 38.9 Å². The minimum Gasteiger partial charge on any atom is -0.356 e. The van der Waals surface area contributed by atoms with Gasteiger partial charge in [0.15, 0.2) is 5.76 Å². The summed E-state index contributed by atoms with van der Waals surface area (Å²) in [6, 6.07) is 17.3. The number of hydrogen-bond donors (Lipinski definition) is 0. The van der Waals surface area contributed by atoms with E-state index >= 15 is 0 Å². The Kier molecular flexibility index (Phi) is 3.75. The van der Waals surface area contributed by atoms with E-state index in [2.05, 4.69) is 10.1 Å². The lowest BCUT2D eigenvalue weighted by atomic mass is 10.1. The van der Waals surface area contributed by atoms with Gasteiger partial charge in [0, 0.05) is 22.0 Å². The number of halogens is 2. The lowest BCUT2D eigenvalue weighted by Crippen LogP contribution is -1.86. The second-order valence-electron chi connectivity index (χ2n) is 5.61. The van der Waals surface area contributed by atoms with Crippen LogP contribution in [-0.4, -0.2) is 10.1 Å². The second kappa shape index (κ2) is 5.93. The Morgan fingerprint density at radius 3 is 2.50 bits per heavy atom. The third-order valence-electron chi connectivity index (χ3n) is 3.84. The van der Waals surface area contributed by atoms with Crippen LogP contribution in [0.25, 0.3) is 33.5 Å². The van der Waals surface area contributed by atoms with Crippen molar-refractivity contribution in [3.05, 3.63) is 70.3 Å². The molecule has 0 saturated heterocycles. The van der Waals surface area contributed by atoms with Crippen LogP contribution in [0, 0.1) is 6.92 Å². The average Bonchev–Trinajstić information content (AvgIpc) is 3.04. The monoisotopic (exact) mass is 354 g/mol. The van der Waals surface area contributed by atoms with Gasteiger partial charge >= 0.3 is 0 Å². The van der Waals surface area contributed by atoms with Crippen LogP contribution in [-0.2, 0) is 0 Å². The van der Waals surface area contributed by atoms with E-state index in [0.717, 1.165) is 33.3 Å². The molecule has 24 heavy (non-hydrogen) atoms. The maximum atomic E-state index is 6.35. The molecule has 0 aliphatic heterocycles. The summed E-state index contributed by atoms with van der Waals surface area (Å²) in [7, 11) is 0. The summed E-state index contributed by atoms with van der Waals surface area (Å²) in [5.74, 6) is 0.583. The van der Waals surface area contributed by atoms with Crippen LogP contribution in [0.15, 0.2) is 59.1 Å². The molecule has 3 nitrogen and oxygen atoms in total. The zero-order chi connectivity index (χ0) is 16.7. The highest BCUT2D eigenvalue weighted by molar-refractivity contribution is 6.32. The molecule has 0 aliphatic carbocycles. The number of aromatic nitrogens is 2. The molecule has 0 spiro atoms. The number of hydrogen-bond acceptors (Lipinski definition) is 3. The van der Waals surface area contributed by atoms with Crippen molar-refractivity contribution in [2.24, 2.45) is 0 Å². The maximum Gasteiger partial charge on any atom is 0.170 e. The summed E-state index contributed by atoms with van der Waals surface area (Å²) < 4.78 is 5.48. The molecule has 5 heteroatoms. The molecule has 0 atom stereocenters. The van der Waals surface area contributed by atoms with E-state index in [1.807, 2.05) is 61.5 Å². The molecule has 4 aromatic rings. The van der Waals surface area contributed by atoms with Gasteiger partial charge in [0.1, 0.15) is 10.8 Å². The lowest BCUT2D eigenvalue weighted by Gasteiger charge is -2.03. The molecule has 2 heterocycles. The zero-order valence-corrected chi connectivity index (χ0v) is 14.3. The van der Waals surface area contributed by atoms with E-state index in [1.54, 1.807) is 0 Å². The Bertz CT molecular complexity index is 1040. The highest BCUT2D eigenvalue weighted by atomic mass is 35.5. The van der Waals surface area contributed by atoms with Gasteiger partial charge in [0.05, 0.1) is 11.1 Å². The van der Waals surface area contributed by atoms with E-state index in [4.69, 9.17) is 27.7 Å². The van der Waals surface area contributed by atoms with E-state index in [0.29, 0.717) is 15.9 Å². The van der Waals surface area contributed by atoms with Crippen LogP contribution < -0.4 is 0 Å². The van der Waals surface area contributed by atoms with Crippen molar-refractivity contribution in [1.29, 1.82) is 0 Å². The van der Waals surface area contributed by atoms with Gasteiger partial charge < -0.3 is 4.52 Å².